The second-order valence-electron chi connectivity index (χ2n) is 11.8. The molecule has 5 heterocycles. The predicted octanol–water partition coefficient (Wildman–Crippen LogP) is 5.03. The summed E-state index contributed by atoms with van der Waals surface area (Å²) < 4.78 is 6.13. The number of ether oxygens (including phenoxy) is 1. The third-order valence-corrected chi connectivity index (χ3v) is 8.78. The smallest absolute Gasteiger partial charge is 0.274 e. The Kier molecular flexibility index (Phi) is 9.52. The fourth-order valence-electron chi connectivity index (χ4n) is 5.52. The van der Waals surface area contributed by atoms with Gasteiger partial charge in [0, 0.05) is 30.3 Å². The highest BCUT2D eigenvalue weighted by Gasteiger charge is 2.20. The zero-order valence-electron chi connectivity index (χ0n) is 24.9. The predicted molar refractivity (Wildman–Crippen MR) is 172 cm³/mol. The van der Waals surface area contributed by atoms with Gasteiger partial charge in [-0.1, -0.05) is 37.3 Å². The molecule has 0 saturated carbocycles. The maximum atomic E-state index is 13.6. The van der Waals surface area contributed by atoms with Gasteiger partial charge in [0.15, 0.2) is 0 Å². The van der Waals surface area contributed by atoms with Crippen LogP contribution in [0.5, 0.6) is 0 Å². The average Bonchev–Trinajstić information content (AvgIpc) is 3.44. The van der Waals surface area contributed by atoms with Gasteiger partial charge in [-0.15, -0.1) is 0 Å². The van der Waals surface area contributed by atoms with Gasteiger partial charge in [-0.25, -0.2) is 19.9 Å². The van der Waals surface area contributed by atoms with Crippen LogP contribution in [-0.2, 0) is 17.8 Å². The molecule has 2 saturated heterocycles. The fourth-order valence-corrected chi connectivity index (χ4v) is 6.45. The van der Waals surface area contributed by atoms with Crippen LogP contribution < -0.4 is 21.3 Å². The van der Waals surface area contributed by atoms with Crippen molar-refractivity contribution in [3.8, 4) is 10.6 Å². The first-order valence-electron chi connectivity index (χ1n) is 15.3. The summed E-state index contributed by atoms with van der Waals surface area (Å²) in [6.45, 7) is 8.73. The lowest BCUT2D eigenvalue weighted by molar-refractivity contribution is 0.0211. The van der Waals surface area contributed by atoms with Crippen molar-refractivity contribution in [2.45, 2.75) is 64.7 Å². The monoisotopic (exact) mass is 600 g/mol. The number of nitrogens with one attached hydrogen (secondary N) is 4. The zero-order chi connectivity index (χ0) is 29.6. The summed E-state index contributed by atoms with van der Waals surface area (Å²) in [4.78, 5) is 33.4. The molecule has 0 aliphatic carbocycles. The van der Waals surface area contributed by atoms with E-state index in [0.29, 0.717) is 48.0 Å². The summed E-state index contributed by atoms with van der Waals surface area (Å²) in [5, 5.41) is 14.2. The highest BCUT2D eigenvalue weighted by Crippen LogP contribution is 2.34. The molecule has 0 radical (unpaired) electrons. The number of carbonyl (C=O) groups excluding carboxylic acids is 1. The van der Waals surface area contributed by atoms with Crippen LogP contribution in [-0.4, -0.2) is 64.2 Å². The van der Waals surface area contributed by atoms with Crippen molar-refractivity contribution in [3.63, 3.8) is 0 Å². The molecule has 0 atom stereocenters. The molecule has 10 nitrogen and oxygen atoms in total. The van der Waals surface area contributed by atoms with Crippen LogP contribution in [0, 0.1) is 5.92 Å². The highest BCUT2D eigenvalue weighted by atomic mass is 32.1. The van der Waals surface area contributed by atoms with E-state index in [2.05, 4.69) is 51.1 Å². The van der Waals surface area contributed by atoms with Crippen LogP contribution in [0.15, 0.2) is 42.6 Å². The standard InChI is InChI=1S/C32H40N8O2S/c1-20(2)15-28-37-26(17-29(40-28)36-22-7-11-33-12-8-22)30(41)38-25-6-4-3-5-24(25)31-39-27-16-21(18-35-32(27)43-31)19-42-23-9-13-34-14-10-23/h3-6,16-18,20,22-23,33-34H,7-15,19H2,1-2H3,(H,38,41)(H,36,37,40). The van der Waals surface area contributed by atoms with Crippen molar-refractivity contribution in [2.75, 3.05) is 36.8 Å². The molecule has 1 amide bonds. The number of fused-ring (bicyclic) bond motifs is 1. The third-order valence-electron chi connectivity index (χ3n) is 7.77. The Morgan fingerprint density at radius 2 is 1.79 bits per heavy atom. The average molecular weight is 601 g/mol. The number of pyridine rings is 1. The summed E-state index contributed by atoms with van der Waals surface area (Å²) >= 11 is 1.51. The lowest BCUT2D eigenvalue weighted by Crippen LogP contribution is -2.35. The van der Waals surface area contributed by atoms with Crippen LogP contribution in [0.1, 0.15) is 61.4 Å². The first-order valence-corrected chi connectivity index (χ1v) is 16.2. The van der Waals surface area contributed by atoms with Gasteiger partial charge in [-0.05, 0) is 81.5 Å². The van der Waals surface area contributed by atoms with Crippen molar-refractivity contribution in [1.29, 1.82) is 0 Å². The Balaban J connectivity index is 1.20. The summed E-state index contributed by atoms with van der Waals surface area (Å²) in [5.74, 6) is 1.47. The normalized spacial score (nSPS) is 16.5. The topological polar surface area (TPSA) is 126 Å². The van der Waals surface area contributed by atoms with E-state index in [0.717, 1.165) is 78.3 Å². The van der Waals surface area contributed by atoms with Gasteiger partial charge >= 0.3 is 0 Å². The molecule has 0 unspecified atom stereocenters. The fraction of sp³-hybridized carbons (Fsp3) is 0.469. The van der Waals surface area contributed by atoms with Gasteiger partial charge in [-0.2, -0.15) is 0 Å². The van der Waals surface area contributed by atoms with Crippen LogP contribution >= 0.6 is 11.3 Å². The molecule has 2 fully saturated rings. The van der Waals surface area contributed by atoms with Crippen LogP contribution in [0.4, 0.5) is 11.5 Å². The Bertz CT molecular complexity index is 1550. The molecule has 1 aromatic carbocycles. The molecular weight excluding hydrogens is 560 g/mol. The quantitative estimate of drug-likeness (QED) is 0.198. The molecule has 226 valence electrons. The minimum atomic E-state index is -0.273. The number of hydrogen-bond donors (Lipinski definition) is 4. The number of para-hydroxylation sites is 1. The number of carbonyl (C=O) groups is 1. The van der Waals surface area contributed by atoms with Crippen LogP contribution in [0.25, 0.3) is 20.9 Å². The zero-order valence-corrected chi connectivity index (χ0v) is 25.7. The van der Waals surface area contributed by atoms with E-state index in [1.54, 1.807) is 6.07 Å². The van der Waals surface area contributed by atoms with Gasteiger partial charge in [0.2, 0.25) is 0 Å². The first-order chi connectivity index (χ1) is 21.0. The third kappa shape index (κ3) is 7.72. The molecule has 11 heteroatoms. The van der Waals surface area contributed by atoms with E-state index in [1.807, 2.05) is 30.5 Å². The van der Waals surface area contributed by atoms with Gasteiger partial charge in [0.25, 0.3) is 5.91 Å². The summed E-state index contributed by atoms with van der Waals surface area (Å²) in [6, 6.07) is 11.9. The number of thiazole rings is 1. The van der Waals surface area contributed by atoms with Crippen molar-refractivity contribution in [3.05, 3.63) is 59.7 Å². The lowest BCUT2D eigenvalue weighted by Gasteiger charge is -2.24. The van der Waals surface area contributed by atoms with E-state index < -0.39 is 0 Å². The number of nitrogens with zero attached hydrogens (tertiary/aromatic N) is 4. The van der Waals surface area contributed by atoms with Crippen LogP contribution in [0.3, 0.4) is 0 Å². The number of anilines is 2. The number of piperidine rings is 2. The van der Waals surface area contributed by atoms with Crippen molar-refractivity contribution in [1.82, 2.24) is 30.6 Å². The Morgan fingerprint density at radius 1 is 1.02 bits per heavy atom. The minimum absolute atomic E-state index is 0.273. The van der Waals surface area contributed by atoms with Crippen molar-refractivity contribution >= 4 is 39.1 Å². The summed E-state index contributed by atoms with van der Waals surface area (Å²) in [5.41, 5.74) is 3.71. The van der Waals surface area contributed by atoms with E-state index in [4.69, 9.17) is 14.7 Å². The highest BCUT2D eigenvalue weighted by molar-refractivity contribution is 7.21. The second kappa shape index (κ2) is 13.9. The number of aromatic nitrogens is 4. The minimum Gasteiger partial charge on any atom is -0.373 e. The van der Waals surface area contributed by atoms with Crippen molar-refractivity contribution in [2.24, 2.45) is 5.92 Å². The maximum Gasteiger partial charge on any atom is 0.274 e. The molecule has 6 rings (SSSR count). The van der Waals surface area contributed by atoms with Gasteiger partial charge in [0.1, 0.15) is 32.7 Å². The molecule has 0 bridgehead atoms. The Hall–Kier alpha value is -3.51. The van der Waals surface area contributed by atoms with E-state index >= 15 is 0 Å². The molecule has 2 aliphatic heterocycles. The van der Waals surface area contributed by atoms with Gasteiger partial charge < -0.3 is 26.0 Å². The molecule has 43 heavy (non-hydrogen) atoms. The maximum absolute atomic E-state index is 13.6. The molecule has 0 spiro atoms. The summed E-state index contributed by atoms with van der Waals surface area (Å²) in [6.07, 6.45) is 6.95. The van der Waals surface area contributed by atoms with Crippen LogP contribution in [0.2, 0.25) is 0 Å². The molecule has 3 aromatic heterocycles. The van der Waals surface area contributed by atoms with Gasteiger partial charge in [0.05, 0.1) is 18.4 Å². The number of amides is 1. The SMILES string of the molecule is CC(C)Cc1nc(NC2CCNCC2)cc(C(=O)Nc2ccccc2-c2nc3cc(COC4CCNCC4)cnc3s2)n1. The van der Waals surface area contributed by atoms with E-state index in [1.165, 1.54) is 11.3 Å². The number of benzene rings is 1. The Morgan fingerprint density at radius 3 is 2.58 bits per heavy atom. The van der Waals surface area contributed by atoms with Gasteiger partial charge in [-0.3, -0.25) is 4.79 Å². The number of hydrogen-bond acceptors (Lipinski definition) is 10. The molecular formula is C32H40N8O2S. The molecule has 4 N–H and O–H groups in total. The largest absolute Gasteiger partial charge is 0.373 e. The van der Waals surface area contributed by atoms with Crippen molar-refractivity contribution < 1.29 is 9.53 Å². The first kappa shape index (κ1) is 29.6. The molecule has 4 aromatic rings. The summed E-state index contributed by atoms with van der Waals surface area (Å²) in [7, 11) is 0. The Labute approximate surface area is 256 Å². The second-order valence-corrected chi connectivity index (χ2v) is 12.7. The van der Waals surface area contributed by atoms with E-state index in [-0.39, 0.29) is 12.0 Å². The number of rotatable bonds is 10. The van der Waals surface area contributed by atoms with E-state index in [9.17, 15) is 4.79 Å². The lowest BCUT2D eigenvalue weighted by atomic mass is 10.1. The molecule has 2 aliphatic rings.